The van der Waals surface area contributed by atoms with Gasteiger partial charge in [-0.3, -0.25) is 4.90 Å². The number of fused-ring (bicyclic) bond motifs is 2. The van der Waals surface area contributed by atoms with Gasteiger partial charge in [-0.2, -0.15) is 0 Å². The molecule has 4 aromatic rings. The molecule has 0 amide bonds. The number of carboxylic acid groups (broad SMARTS) is 1. The van der Waals surface area contributed by atoms with Crippen LogP contribution in [0.4, 0.5) is 0 Å². The molecular weight excluding hydrogens is 424 g/mol. The number of aromatic nitrogens is 1. The molecule has 160 valence electrons. The molecule has 0 spiro atoms. The van der Waals surface area contributed by atoms with Crippen molar-refractivity contribution in [2.75, 3.05) is 13.1 Å². The highest BCUT2D eigenvalue weighted by Crippen LogP contribution is 2.34. The first-order valence-electron chi connectivity index (χ1n) is 10.5. The highest BCUT2D eigenvalue weighted by molar-refractivity contribution is 6.30. The quantitative estimate of drug-likeness (QED) is 0.404. The van der Waals surface area contributed by atoms with Crippen LogP contribution in [-0.2, 0) is 6.54 Å². The van der Waals surface area contributed by atoms with Crippen molar-refractivity contribution in [3.05, 3.63) is 88.3 Å². The van der Waals surface area contributed by atoms with E-state index in [1.165, 1.54) is 0 Å². The zero-order chi connectivity index (χ0) is 22.2. The van der Waals surface area contributed by atoms with E-state index in [1.54, 1.807) is 0 Å². The molecule has 1 aliphatic rings. The molecule has 2 aromatic heterocycles. The molecule has 0 aliphatic carbocycles. The maximum Gasteiger partial charge on any atom is 0.336 e. The summed E-state index contributed by atoms with van der Waals surface area (Å²) in [5, 5.41) is 11.4. The molecule has 0 fully saturated rings. The van der Waals surface area contributed by atoms with Gasteiger partial charge >= 0.3 is 5.97 Å². The third-order valence-corrected chi connectivity index (χ3v) is 6.06. The minimum atomic E-state index is -0.930. The number of hydrogen-bond donors (Lipinski definition) is 1. The van der Waals surface area contributed by atoms with Crippen molar-refractivity contribution < 1.29 is 14.3 Å². The fraction of sp³-hybridized carbons (Fsp3) is 0.154. The number of carboxylic acids is 1. The van der Waals surface area contributed by atoms with Crippen molar-refractivity contribution in [3.8, 4) is 11.3 Å². The molecule has 5 rings (SSSR count). The van der Waals surface area contributed by atoms with Crippen molar-refractivity contribution in [1.82, 2.24) is 9.88 Å². The maximum atomic E-state index is 12.2. The monoisotopic (exact) mass is 444 g/mol. The van der Waals surface area contributed by atoms with Crippen molar-refractivity contribution in [3.63, 3.8) is 0 Å². The molecular formula is C26H21ClN2O3. The lowest BCUT2D eigenvalue weighted by atomic mass is 9.92. The van der Waals surface area contributed by atoms with Crippen LogP contribution in [0.2, 0.25) is 5.02 Å². The van der Waals surface area contributed by atoms with E-state index in [0.29, 0.717) is 40.3 Å². The van der Waals surface area contributed by atoms with Crippen LogP contribution in [0, 0.1) is 0 Å². The minimum absolute atomic E-state index is 0.330. The molecule has 0 saturated carbocycles. The van der Waals surface area contributed by atoms with Crippen molar-refractivity contribution in [2.24, 2.45) is 0 Å². The van der Waals surface area contributed by atoms with E-state index in [0.717, 1.165) is 34.7 Å². The summed E-state index contributed by atoms with van der Waals surface area (Å²) < 4.78 is 6.08. The maximum absolute atomic E-state index is 12.2. The minimum Gasteiger partial charge on any atom is -0.478 e. The van der Waals surface area contributed by atoms with Crippen LogP contribution in [0.5, 0.6) is 0 Å². The Balaban J connectivity index is 1.64. The first kappa shape index (κ1) is 20.5. The Morgan fingerprint density at radius 3 is 2.66 bits per heavy atom. The van der Waals surface area contributed by atoms with Crippen LogP contribution in [0.1, 0.15) is 34.3 Å². The second-order valence-corrected chi connectivity index (χ2v) is 8.25. The average Bonchev–Trinajstić information content (AvgIpc) is 3.26. The van der Waals surface area contributed by atoms with Crippen molar-refractivity contribution in [2.45, 2.75) is 13.5 Å². The Bertz CT molecular complexity index is 1360. The summed E-state index contributed by atoms with van der Waals surface area (Å²) in [6.07, 6.45) is 1.97. The lowest BCUT2D eigenvalue weighted by molar-refractivity contribution is 0.0696. The van der Waals surface area contributed by atoms with Gasteiger partial charge in [-0.25, -0.2) is 9.78 Å². The second-order valence-electron chi connectivity index (χ2n) is 7.82. The van der Waals surface area contributed by atoms with Gasteiger partial charge in [0.25, 0.3) is 0 Å². The van der Waals surface area contributed by atoms with Gasteiger partial charge in [-0.1, -0.05) is 36.7 Å². The molecule has 32 heavy (non-hydrogen) atoms. The number of aromatic carboxylic acids is 1. The summed E-state index contributed by atoms with van der Waals surface area (Å²) in [5.41, 5.74) is 4.38. The van der Waals surface area contributed by atoms with Crippen LogP contribution in [0.3, 0.4) is 0 Å². The van der Waals surface area contributed by atoms with E-state index in [1.807, 2.05) is 66.7 Å². The number of pyridine rings is 1. The van der Waals surface area contributed by atoms with Gasteiger partial charge in [-0.15, -0.1) is 0 Å². The fourth-order valence-electron chi connectivity index (χ4n) is 4.22. The van der Waals surface area contributed by atoms with Gasteiger partial charge in [0.05, 0.1) is 16.8 Å². The highest BCUT2D eigenvalue weighted by atomic mass is 35.5. The van der Waals surface area contributed by atoms with Crippen LogP contribution in [-0.4, -0.2) is 34.0 Å². The smallest absolute Gasteiger partial charge is 0.336 e. The predicted molar refractivity (Wildman–Crippen MR) is 127 cm³/mol. The normalized spacial score (nSPS) is 15.2. The predicted octanol–water partition coefficient (Wildman–Crippen LogP) is 6.22. The molecule has 0 radical (unpaired) electrons. The van der Waals surface area contributed by atoms with Gasteiger partial charge < -0.3 is 9.52 Å². The van der Waals surface area contributed by atoms with Gasteiger partial charge in [0.2, 0.25) is 0 Å². The van der Waals surface area contributed by atoms with E-state index in [-0.39, 0.29) is 0 Å². The van der Waals surface area contributed by atoms with Crippen LogP contribution in [0.25, 0.3) is 33.9 Å². The number of furan rings is 1. The van der Waals surface area contributed by atoms with Crippen molar-refractivity contribution in [1.29, 1.82) is 0 Å². The molecule has 0 bridgehead atoms. The standard InChI is InChI=1S/C26H21ClN2O3/c1-2-29-14-17(13-19-11-12-23(32-19)16-7-9-18(27)10-8-16)25-21(15-29)24(26(30)31)20-5-3-4-6-22(20)28-25/h3-13H,2,14-15H2,1H3,(H,30,31)/b17-13-. The summed E-state index contributed by atoms with van der Waals surface area (Å²) in [4.78, 5) is 19.3. The number of carbonyl (C=O) groups is 1. The lowest BCUT2D eigenvalue weighted by Crippen LogP contribution is -2.31. The van der Waals surface area contributed by atoms with Crippen LogP contribution < -0.4 is 0 Å². The Hall–Kier alpha value is -3.41. The molecule has 0 saturated heterocycles. The molecule has 1 N–H and O–H groups in total. The van der Waals surface area contributed by atoms with Gasteiger partial charge in [0.1, 0.15) is 11.5 Å². The summed E-state index contributed by atoms with van der Waals surface area (Å²) in [6.45, 7) is 4.10. The Morgan fingerprint density at radius 1 is 1.12 bits per heavy atom. The Labute approximate surface area is 190 Å². The zero-order valence-corrected chi connectivity index (χ0v) is 18.3. The molecule has 2 aromatic carbocycles. The lowest BCUT2D eigenvalue weighted by Gasteiger charge is -2.30. The second kappa shape index (κ2) is 8.26. The zero-order valence-electron chi connectivity index (χ0n) is 17.5. The van der Waals surface area contributed by atoms with E-state index in [9.17, 15) is 9.90 Å². The molecule has 0 unspecified atom stereocenters. The Morgan fingerprint density at radius 2 is 1.91 bits per heavy atom. The molecule has 1 aliphatic heterocycles. The largest absolute Gasteiger partial charge is 0.478 e. The first-order chi connectivity index (χ1) is 15.5. The number of halogens is 1. The van der Waals surface area contributed by atoms with Crippen LogP contribution in [0.15, 0.2) is 65.1 Å². The number of rotatable bonds is 4. The van der Waals surface area contributed by atoms with Crippen LogP contribution >= 0.6 is 11.6 Å². The van der Waals surface area contributed by atoms with E-state index < -0.39 is 5.97 Å². The van der Waals surface area contributed by atoms with Gasteiger partial charge in [-0.05, 0) is 60.7 Å². The number of para-hydroxylation sites is 1. The Kier molecular flexibility index (Phi) is 5.29. The molecule has 5 nitrogen and oxygen atoms in total. The van der Waals surface area contributed by atoms with Gasteiger partial charge in [0, 0.05) is 34.6 Å². The fourth-order valence-corrected chi connectivity index (χ4v) is 4.35. The summed E-state index contributed by atoms with van der Waals surface area (Å²) in [5.74, 6) is 0.510. The summed E-state index contributed by atoms with van der Waals surface area (Å²) in [7, 11) is 0. The van der Waals surface area contributed by atoms with E-state index in [4.69, 9.17) is 21.0 Å². The number of likely N-dealkylation sites (N-methyl/N-ethyl adjacent to an activating group) is 1. The third kappa shape index (κ3) is 3.70. The SMILES string of the molecule is CCN1C/C(=C/c2ccc(-c3ccc(Cl)cc3)o2)c2nc3ccccc3c(C(=O)O)c2C1. The van der Waals surface area contributed by atoms with Crippen molar-refractivity contribution >= 4 is 40.1 Å². The molecule has 3 heterocycles. The number of hydrogen-bond acceptors (Lipinski definition) is 4. The molecule has 6 heteroatoms. The highest BCUT2D eigenvalue weighted by Gasteiger charge is 2.28. The summed E-state index contributed by atoms with van der Waals surface area (Å²) >= 11 is 5.99. The average molecular weight is 445 g/mol. The van der Waals surface area contributed by atoms with E-state index >= 15 is 0 Å². The molecule has 0 atom stereocenters. The topological polar surface area (TPSA) is 66.6 Å². The number of nitrogens with zero attached hydrogens (tertiary/aromatic N) is 2. The van der Waals surface area contributed by atoms with Gasteiger partial charge in [0.15, 0.2) is 0 Å². The van der Waals surface area contributed by atoms with E-state index in [2.05, 4.69) is 11.8 Å². The first-order valence-corrected chi connectivity index (χ1v) is 10.8. The summed E-state index contributed by atoms with van der Waals surface area (Å²) in [6, 6.07) is 18.7. The number of benzene rings is 2. The third-order valence-electron chi connectivity index (χ3n) is 5.81.